The standard InChI is InChI=1S/C20H27ClN2O2S/c1-3-5-7-13-25-17-10-8-16(9-11-17)15-26-18-14-22-23(12-6-4-2)20(24)19(18)21/h8-11,14H,3-7,12-13,15H2,1-2H3. The summed E-state index contributed by atoms with van der Waals surface area (Å²) in [5.74, 6) is 1.63. The first-order valence-electron chi connectivity index (χ1n) is 9.25. The minimum absolute atomic E-state index is 0.207. The van der Waals surface area contributed by atoms with E-state index in [9.17, 15) is 4.79 Å². The summed E-state index contributed by atoms with van der Waals surface area (Å²) in [7, 11) is 0. The lowest BCUT2D eigenvalue weighted by Gasteiger charge is -2.09. The van der Waals surface area contributed by atoms with Gasteiger partial charge in [0.05, 0.1) is 17.7 Å². The van der Waals surface area contributed by atoms with Crippen molar-refractivity contribution in [2.45, 2.75) is 63.1 Å². The van der Waals surface area contributed by atoms with E-state index in [2.05, 4.69) is 18.9 Å². The van der Waals surface area contributed by atoms with E-state index >= 15 is 0 Å². The second kappa shape index (κ2) is 11.3. The number of rotatable bonds is 11. The minimum atomic E-state index is -0.207. The molecule has 0 atom stereocenters. The predicted molar refractivity (Wildman–Crippen MR) is 109 cm³/mol. The Morgan fingerprint density at radius 2 is 1.85 bits per heavy atom. The van der Waals surface area contributed by atoms with Crippen LogP contribution in [0.15, 0.2) is 40.2 Å². The molecule has 0 N–H and O–H groups in total. The van der Waals surface area contributed by atoms with Crippen LogP contribution in [0.25, 0.3) is 0 Å². The molecule has 142 valence electrons. The Bertz CT molecular complexity index is 732. The zero-order valence-corrected chi connectivity index (χ0v) is 17.1. The quantitative estimate of drug-likeness (QED) is 0.369. The first-order valence-corrected chi connectivity index (χ1v) is 10.6. The van der Waals surface area contributed by atoms with Crippen LogP contribution < -0.4 is 10.3 Å². The summed E-state index contributed by atoms with van der Waals surface area (Å²) in [5.41, 5.74) is 0.947. The molecule has 26 heavy (non-hydrogen) atoms. The highest BCUT2D eigenvalue weighted by Crippen LogP contribution is 2.27. The molecule has 1 aromatic carbocycles. The van der Waals surface area contributed by atoms with Gasteiger partial charge in [0.15, 0.2) is 0 Å². The third-order valence-electron chi connectivity index (χ3n) is 4.01. The molecule has 4 nitrogen and oxygen atoms in total. The molecule has 0 aliphatic heterocycles. The maximum atomic E-state index is 12.2. The molecule has 0 fully saturated rings. The summed E-state index contributed by atoms with van der Waals surface area (Å²) in [6.07, 6.45) is 7.10. The van der Waals surface area contributed by atoms with Crippen molar-refractivity contribution >= 4 is 23.4 Å². The van der Waals surface area contributed by atoms with Crippen molar-refractivity contribution in [1.82, 2.24) is 9.78 Å². The summed E-state index contributed by atoms with van der Waals surface area (Å²) in [6.45, 7) is 5.64. The van der Waals surface area contributed by atoms with Crippen LogP contribution in [0.4, 0.5) is 0 Å². The summed E-state index contributed by atoms with van der Waals surface area (Å²) in [6, 6.07) is 8.08. The number of unbranched alkanes of at least 4 members (excludes halogenated alkanes) is 3. The fraction of sp³-hybridized carbons (Fsp3) is 0.500. The number of hydrogen-bond donors (Lipinski definition) is 0. The molecule has 0 bridgehead atoms. The van der Waals surface area contributed by atoms with Gasteiger partial charge in [0.1, 0.15) is 10.8 Å². The molecule has 0 amide bonds. The Labute approximate surface area is 164 Å². The minimum Gasteiger partial charge on any atom is -0.494 e. The van der Waals surface area contributed by atoms with Gasteiger partial charge in [-0.05, 0) is 30.5 Å². The van der Waals surface area contributed by atoms with Gasteiger partial charge in [-0.2, -0.15) is 5.10 Å². The van der Waals surface area contributed by atoms with Crippen LogP contribution >= 0.6 is 23.4 Å². The van der Waals surface area contributed by atoms with E-state index in [1.165, 1.54) is 29.3 Å². The second-order valence-electron chi connectivity index (χ2n) is 6.19. The molecular formula is C20H27ClN2O2S. The fourth-order valence-corrected chi connectivity index (χ4v) is 3.56. The number of halogens is 1. The highest BCUT2D eigenvalue weighted by atomic mass is 35.5. The van der Waals surface area contributed by atoms with Crippen molar-refractivity contribution in [1.29, 1.82) is 0 Å². The van der Waals surface area contributed by atoms with Crippen molar-refractivity contribution in [3.05, 3.63) is 51.4 Å². The lowest BCUT2D eigenvalue weighted by molar-refractivity contribution is 0.306. The molecule has 0 aliphatic carbocycles. The molecule has 0 aliphatic rings. The molecule has 0 unspecified atom stereocenters. The van der Waals surface area contributed by atoms with Crippen LogP contribution in [0.2, 0.25) is 5.02 Å². The number of hydrogen-bond acceptors (Lipinski definition) is 4. The summed E-state index contributed by atoms with van der Waals surface area (Å²) >= 11 is 7.77. The van der Waals surface area contributed by atoms with Crippen molar-refractivity contribution in [3.8, 4) is 5.75 Å². The lowest BCUT2D eigenvalue weighted by atomic mass is 10.2. The van der Waals surface area contributed by atoms with Crippen LogP contribution in [-0.4, -0.2) is 16.4 Å². The van der Waals surface area contributed by atoms with Crippen molar-refractivity contribution < 1.29 is 4.74 Å². The Kier molecular flexibility index (Phi) is 9.06. The van der Waals surface area contributed by atoms with Gasteiger partial charge in [0, 0.05) is 12.3 Å². The Morgan fingerprint density at radius 3 is 2.54 bits per heavy atom. The lowest BCUT2D eigenvalue weighted by Crippen LogP contribution is -2.23. The van der Waals surface area contributed by atoms with Crippen LogP contribution in [0, 0.1) is 0 Å². The van der Waals surface area contributed by atoms with E-state index < -0.39 is 0 Å². The average Bonchev–Trinajstić information content (AvgIpc) is 2.66. The van der Waals surface area contributed by atoms with Crippen molar-refractivity contribution in [2.75, 3.05) is 6.61 Å². The van der Waals surface area contributed by atoms with E-state index in [4.69, 9.17) is 16.3 Å². The van der Waals surface area contributed by atoms with Crippen LogP contribution in [0.5, 0.6) is 5.75 Å². The number of thioether (sulfide) groups is 1. The Balaban J connectivity index is 1.90. The van der Waals surface area contributed by atoms with E-state index in [1.807, 2.05) is 24.3 Å². The maximum absolute atomic E-state index is 12.2. The van der Waals surface area contributed by atoms with Gasteiger partial charge in [-0.3, -0.25) is 4.79 Å². The van der Waals surface area contributed by atoms with Gasteiger partial charge in [0.25, 0.3) is 5.56 Å². The molecule has 1 aromatic heterocycles. The third-order valence-corrected chi connectivity index (χ3v) is 5.59. The predicted octanol–water partition coefficient (Wildman–Crippen LogP) is 5.56. The first kappa shape index (κ1) is 20.8. The highest BCUT2D eigenvalue weighted by Gasteiger charge is 2.10. The molecule has 6 heteroatoms. The molecule has 0 radical (unpaired) electrons. The van der Waals surface area contributed by atoms with E-state index in [-0.39, 0.29) is 10.6 Å². The average molecular weight is 395 g/mol. The zero-order chi connectivity index (χ0) is 18.8. The van der Waals surface area contributed by atoms with Crippen molar-refractivity contribution in [3.63, 3.8) is 0 Å². The molecule has 1 heterocycles. The number of ether oxygens (including phenoxy) is 1. The summed E-state index contributed by atoms with van der Waals surface area (Å²) in [5, 5.41) is 4.49. The molecule has 2 aromatic rings. The van der Waals surface area contributed by atoms with Gasteiger partial charge in [-0.1, -0.05) is 56.8 Å². The van der Waals surface area contributed by atoms with E-state index in [0.29, 0.717) is 6.54 Å². The van der Waals surface area contributed by atoms with Crippen LogP contribution in [-0.2, 0) is 12.3 Å². The SMILES string of the molecule is CCCCCOc1ccc(CSc2cnn(CCCC)c(=O)c2Cl)cc1. The monoisotopic (exact) mass is 394 g/mol. The molecule has 0 saturated carbocycles. The van der Waals surface area contributed by atoms with Gasteiger partial charge in [0.2, 0.25) is 0 Å². The number of aromatic nitrogens is 2. The van der Waals surface area contributed by atoms with Gasteiger partial charge < -0.3 is 4.74 Å². The molecule has 0 saturated heterocycles. The largest absolute Gasteiger partial charge is 0.494 e. The van der Waals surface area contributed by atoms with Crippen LogP contribution in [0.1, 0.15) is 51.5 Å². The number of aryl methyl sites for hydroxylation is 1. The van der Waals surface area contributed by atoms with E-state index in [1.54, 1.807) is 6.20 Å². The molecule has 0 spiro atoms. The van der Waals surface area contributed by atoms with Crippen molar-refractivity contribution in [2.24, 2.45) is 0 Å². The number of benzene rings is 1. The molecular weight excluding hydrogens is 368 g/mol. The fourth-order valence-electron chi connectivity index (χ4n) is 2.40. The Hall–Kier alpha value is -1.46. The summed E-state index contributed by atoms with van der Waals surface area (Å²) < 4.78 is 7.17. The smallest absolute Gasteiger partial charge is 0.286 e. The second-order valence-corrected chi connectivity index (χ2v) is 7.59. The topological polar surface area (TPSA) is 44.1 Å². The van der Waals surface area contributed by atoms with Gasteiger partial charge >= 0.3 is 0 Å². The maximum Gasteiger partial charge on any atom is 0.286 e. The normalized spacial score (nSPS) is 10.9. The van der Waals surface area contributed by atoms with Gasteiger partial charge in [-0.15, -0.1) is 11.8 Å². The first-order chi connectivity index (χ1) is 12.7. The van der Waals surface area contributed by atoms with Crippen LogP contribution in [0.3, 0.4) is 0 Å². The third kappa shape index (κ3) is 6.36. The zero-order valence-electron chi connectivity index (χ0n) is 15.5. The number of nitrogens with zero attached hydrogens (tertiary/aromatic N) is 2. The summed E-state index contributed by atoms with van der Waals surface area (Å²) in [4.78, 5) is 13.0. The highest BCUT2D eigenvalue weighted by molar-refractivity contribution is 7.98. The molecule has 2 rings (SSSR count). The van der Waals surface area contributed by atoms with E-state index in [0.717, 1.165) is 47.8 Å². The van der Waals surface area contributed by atoms with Gasteiger partial charge in [-0.25, -0.2) is 4.68 Å². The Morgan fingerprint density at radius 1 is 1.12 bits per heavy atom.